The van der Waals surface area contributed by atoms with Gasteiger partial charge in [-0.2, -0.15) is 0 Å². The highest BCUT2D eigenvalue weighted by Crippen LogP contribution is 2.26. The number of ether oxygens (including phenoxy) is 1. The minimum Gasteiger partial charge on any atom is -0.451 e. The van der Waals surface area contributed by atoms with Crippen LogP contribution >= 0.6 is 0 Å². The summed E-state index contributed by atoms with van der Waals surface area (Å²) in [5.41, 5.74) is -3.85. The molecule has 0 aromatic rings. The second kappa shape index (κ2) is 8.18. The molecule has 0 aromatic heterocycles. The minimum atomic E-state index is -2.28. The molecule has 3 N–H and O–H groups in total. The van der Waals surface area contributed by atoms with Crippen LogP contribution in [0.1, 0.15) is 54.4 Å². The van der Waals surface area contributed by atoms with Crippen LogP contribution in [-0.4, -0.2) is 57.8 Å². The maximum Gasteiger partial charge on any atom is 0.307 e. The molecule has 1 unspecified atom stereocenters. The fraction of sp³-hybridized carbons (Fsp3) is 0.824. The summed E-state index contributed by atoms with van der Waals surface area (Å²) in [7, 11) is 0. The van der Waals surface area contributed by atoms with Gasteiger partial charge in [-0.25, -0.2) is 0 Å². The van der Waals surface area contributed by atoms with Crippen LogP contribution in [0.5, 0.6) is 0 Å². The number of carbonyl (C=O) groups excluding carboxylic acids is 3. The van der Waals surface area contributed by atoms with E-state index in [1.54, 1.807) is 41.5 Å². The second-order valence-electron chi connectivity index (χ2n) is 8.08. The van der Waals surface area contributed by atoms with Crippen LogP contribution in [0.3, 0.4) is 0 Å². The van der Waals surface area contributed by atoms with Crippen LogP contribution in [0.15, 0.2) is 0 Å². The maximum atomic E-state index is 12.4. The Hall–Kier alpha value is -1.31. The van der Waals surface area contributed by atoms with Crippen LogP contribution in [0.4, 0.5) is 0 Å². The third-order valence-corrected chi connectivity index (χ3v) is 3.65. The Morgan fingerprint density at radius 2 is 1.33 bits per heavy atom. The summed E-state index contributed by atoms with van der Waals surface area (Å²) in [6.45, 7) is 7.96. The van der Waals surface area contributed by atoms with Crippen LogP contribution in [0.25, 0.3) is 0 Å². The first-order valence-electron chi connectivity index (χ1n) is 7.90. The van der Waals surface area contributed by atoms with Crippen LogP contribution in [0.2, 0.25) is 0 Å². The fourth-order valence-electron chi connectivity index (χ4n) is 1.80. The highest BCUT2D eigenvalue weighted by Gasteiger charge is 2.47. The molecule has 0 amide bonds. The number of carbonyl (C=O) groups is 3. The molecule has 0 aliphatic rings. The molecular formula is C17H30O7. The number of aliphatic hydroxyl groups excluding tert-OH is 2. The first-order chi connectivity index (χ1) is 10.7. The van der Waals surface area contributed by atoms with Crippen molar-refractivity contribution in [3.05, 3.63) is 0 Å². The van der Waals surface area contributed by atoms with Crippen molar-refractivity contribution >= 4 is 17.5 Å². The van der Waals surface area contributed by atoms with Crippen LogP contribution < -0.4 is 0 Å². The lowest BCUT2D eigenvalue weighted by Crippen LogP contribution is -2.57. The third-order valence-electron chi connectivity index (χ3n) is 3.65. The van der Waals surface area contributed by atoms with E-state index in [9.17, 15) is 29.7 Å². The molecule has 0 radical (unpaired) electrons. The SMILES string of the molecule is CC(C)(C)C(=O)CCC(=O)OC(C(=O)C(C)(C)C)C(O)(CO)CO. The molecule has 0 rings (SSSR count). The van der Waals surface area contributed by atoms with Gasteiger partial charge in [0.2, 0.25) is 0 Å². The average molecular weight is 346 g/mol. The Kier molecular flexibility index (Phi) is 7.73. The van der Waals surface area contributed by atoms with Gasteiger partial charge in [0.05, 0.1) is 19.6 Å². The minimum absolute atomic E-state index is 0.0601. The zero-order valence-electron chi connectivity index (χ0n) is 15.4. The fourth-order valence-corrected chi connectivity index (χ4v) is 1.80. The van der Waals surface area contributed by atoms with E-state index in [0.29, 0.717) is 0 Å². The lowest BCUT2D eigenvalue weighted by atomic mass is 9.81. The van der Waals surface area contributed by atoms with E-state index in [1.807, 2.05) is 0 Å². The van der Waals surface area contributed by atoms with E-state index < -0.39 is 47.5 Å². The van der Waals surface area contributed by atoms with E-state index in [4.69, 9.17) is 4.74 Å². The summed E-state index contributed by atoms with van der Waals surface area (Å²) < 4.78 is 5.04. The predicted molar refractivity (Wildman–Crippen MR) is 87.2 cm³/mol. The molecule has 0 aromatic carbocycles. The Morgan fingerprint density at radius 3 is 1.67 bits per heavy atom. The highest BCUT2D eigenvalue weighted by atomic mass is 16.6. The summed E-state index contributed by atoms with van der Waals surface area (Å²) in [4.78, 5) is 36.3. The van der Waals surface area contributed by atoms with Crippen molar-refractivity contribution in [2.24, 2.45) is 10.8 Å². The number of esters is 1. The highest BCUT2D eigenvalue weighted by molar-refractivity contribution is 5.91. The first kappa shape index (κ1) is 22.7. The van der Waals surface area contributed by atoms with Crippen molar-refractivity contribution in [3.63, 3.8) is 0 Å². The van der Waals surface area contributed by atoms with E-state index >= 15 is 0 Å². The molecule has 0 bridgehead atoms. The third kappa shape index (κ3) is 6.30. The number of aliphatic hydroxyl groups is 3. The van der Waals surface area contributed by atoms with Crippen molar-refractivity contribution in [1.29, 1.82) is 0 Å². The van der Waals surface area contributed by atoms with Gasteiger partial charge in [-0.15, -0.1) is 0 Å². The molecule has 0 spiro atoms. The topological polar surface area (TPSA) is 121 Å². The number of rotatable bonds is 8. The van der Waals surface area contributed by atoms with Gasteiger partial charge in [-0.05, 0) is 0 Å². The van der Waals surface area contributed by atoms with E-state index in [-0.39, 0.29) is 18.6 Å². The summed E-state index contributed by atoms with van der Waals surface area (Å²) >= 11 is 0. The number of ketones is 2. The Bertz CT molecular complexity index is 464. The molecule has 1 atom stereocenters. The molecule has 7 nitrogen and oxygen atoms in total. The molecule has 0 fully saturated rings. The van der Waals surface area contributed by atoms with Crippen molar-refractivity contribution in [3.8, 4) is 0 Å². The van der Waals surface area contributed by atoms with Gasteiger partial charge in [-0.1, -0.05) is 41.5 Å². The second-order valence-corrected chi connectivity index (χ2v) is 8.08. The molecule has 0 saturated carbocycles. The monoisotopic (exact) mass is 346 g/mol. The van der Waals surface area contributed by atoms with Crippen molar-refractivity contribution in [2.45, 2.75) is 66.1 Å². The standard InChI is InChI=1S/C17H30O7/c1-15(2,3)11(20)7-8-12(21)24-14(13(22)16(4,5)6)17(23,9-18)10-19/h14,18-19,23H,7-10H2,1-6H3. The first-order valence-corrected chi connectivity index (χ1v) is 7.90. The van der Waals surface area contributed by atoms with Crippen LogP contribution in [-0.2, 0) is 19.1 Å². The molecule has 0 aliphatic heterocycles. The number of Topliss-reactive ketones (excluding diaryl/α,β-unsaturated/α-hetero) is 2. The average Bonchev–Trinajstić information content (AvgIpc) is 2.46. The summed E-state index contributed by atoms with van der Waals surface area (Å²) in [6.07, 6.45) is -2.03. The maximum absolute atomic E-state index is 12.4. The summed E-state index contributed by atoms with van der Waals surface area (Å²) in [5.74, 6) is -1.63. The predicted octanol–water partition coefficient (Wildman–Crippen LogP) is 0.625. The number of hydrogen-bond acceptors (Lipinski definition) is 7. The molecule has 7 heteroatoms. The molecule has 0 heterocycles. The van der Waals surface area contributed by atoms with E-state index in [0.717, 1.165) is 0 Å². The lowest BCUT2D eigenvalue weighted by molar-refractivity contribution is -0.187. The lowest BCUT2D eigenvalue weighted by Gasteiger charge is -2.34. The van der Waals surface area contributed by atoms with Gasteiger partial charge in [0.15, 0.2) is 17.5 Å². The van der Waals surface area contributed by atoms with Gasteiger partial charge in [-0.3, -0.25) is 14.4 Å². The molecule has 140 valence electrons. The van der Waals surface area contributed by atoms with Gasteiger partial charge in [0, 0.05) is 17.3 Å². The van der Waals surface area contributed by atoms with Crippen LogP contribution in [0, 0.1) is 10.8 Å². The molecule has 0 aliphatic carbocycles. The van der Waals surface area contributed by atoms with Crippen molar-refractivity contribution in [2.75, 3.05) is 13.2 Å². The molecular weight excluding hydrogens is 316 g/mol. The Balaban J connectivity index is 5.18. The van der Waals surface area contributed by atoms with E-state index in [2.05, 4.69) is 0 Å². The van der Waals surface area contributed by atoms with E-state index in [1.165, 1.54) is 0 Å². The smallest absolute Gasteiger partial charge is 0.307 e. The Labute approximate surface area is 143 Å². The van der Waals surface area contributed by atoms with Gasteiger partial charge < -0.3 is 20.1 Å². The Morgan fingerprint density at radius 1 is 0.875 bits per heavy atom. The summed E-state index contributed by atoms with van der Waals surface area (Å²) in [6, 6.07) is 0. The quantitative estimate of drug-likeness (QED) is 0.551. The summed E-state index contributed by atoms with van der Waals surface area (Å²) in [5, 5.41) is 28.8. The van der Waals surface area contributed by atoms with Crippen molar-refractivity contribution in [1.82, 2.24) is 0 Å². The van der Waals surface area contributed by atoms with Crippen molar-refractivity contribution < 1.29 is 34.4 Å². The molecule has 0 saturated heterocycles. The number of hydrogen-bond donors (Lipinski definition) is 3. The zero-order chi connectivity index (χ0) is 19.3. The molecule has 24 heavy (non-hydrogen) atoms. The largest absolute Gasteiger partial charge is 0.451 e. The zero-order valence-corrected chi connectivity index (χ0v) is 15.4. The normalized spacial score (nSPS) is 14.2. The van der Waals surface area contributed by atoms with Gasteiger partial charge in [0.25, 0.3) is 0 Å². The van der Waals surface area contributed by atoms with Gasteiger partial charge >= 0.3 is 5.97 Å². The van der Waals surface area contributed by atoms with Gasteiger partial charge in [0.1, 0.15) is 5.78 Å².